The van der Waals surface area contributed by atoms with E-state index in [0.29, 0.717) is 12.4 Å². The number of hydrogen-bond donors (Lipinski definition) is 1. The van der Waals surface area contributed by atoms with Crippen molar-refractivity contribution >= 4 is 22.6 Å². The van der Waals surface area contributed by atoms with E-state index in [1.165, 1.54) is 0 Å². The monoisotopic (exact) mass is 319 g/mol. The molecule has 6 heteroatoms. The van der Waals surface area contributed by atoms with Gasteiger partial charge in [0.1, 0.15) is 5.82 Å². The van der Waals surface area contributed by atoms with Gasteiger partial charge in [-0.2, -0.15) is 0 Å². The Morgan fingerprint density at radius 3 is 2.79 bits per heavy atom. The van der Waals surface area contributed by atoms with Gasteiger partial charge in [0.15, 0.2) is 5.82 Å². The Hall–Kier alpha value is -3.02. The van der Waals surface area contributed by atoms with E-state index in [0.717, 1.165) is 35.2 Å². The maximum atomic E-state index is 11.5. The summed E-state index contributed by atoms with van der Waals surface area (Å²) in [4.78, 5) is 27.2. The zero-order valence-corrected chi connectivity index (χ0v) is 13.1. The fourth-order valence-electron chi connectivity index (χ4n) is 3.11. The molecule has 3 heterocycles. The van der Waals surface area contributed by atoms with Gasteiger partial charge < -0.3 is 10.6 Å². The number of aromatic nitrogens is 3. The van der Waals surface area contributed by atoms with Crippen LogP contribution in [-0.4, -0.2) is 33.9 Å². The Morgan fingerprint density at radius 2 is 2.04 bits per heavy atom. The molecule has 2 aromatic heterocycles. The van der Waals surface area contributed by atoms with Crippen LogP contribution in [0.1, 0.15) is 6.42 Å². The molecule has 3 aromatic rings. The van der Waals surface area contributed by atoms with E-state index in [1.54, 1.807) is 12.4 Å². The average Bonchev–Trinajstić information content (AvgIpc) is 3.12. The molecule has 1 amide bonds. The van der Waals surface area contributed by atoms with Gasteiger partial charge in [-0.3, -0.25) is 9.78 Å². The molecule has 0 spiro atoms. The zero-order valence-electron chi connectivity index (χ0n) is 13.1. The lowest BCUT2D eigenvalue weighted by molar-refractivity contribution is -0.121. The van der Waals surface area contributed by atoms with Crippen molar-refractivity contribution in [2.24, 2.45) is 11.7 Å². The lowest BCUT2D eigenvalue weighted by Crippen LogP contribution is -2.28. The van der Waals surface area contributed by atoms with E-state index in [1.807, 2.05) is 36.4 Å². The molecule has 1 saturated heterocycles. The minimum absolute atomic E-state index is 0.124. The number of rotatable bonds is 3. The second-order valence-electron chi connectivity index (χ2n) is 5.96. The largest absolute Gasteiger partial charge is 0.369 e. The van der Waals surface area contributed by atoms with Crippen molar-refractivity contribution in [3.8, 4) is 11.4 Å². The number of carbonyl (C=O) groups is 1. The van der Waals surface area contributed by atoms with Crippen molar-refractivity contribution in [3.63, 3.8) is 0 Å². The van der Waals surface area contributed by atoms with Crippen molar-refractivity contribution in [2.75, 3.05) is 18.0 Å². The summed E-state index contributed by atoms with van der Waals surface area (Å²) in [6.07, 6.45) is 4.24. The predicted octanol–water partition coefficient (Wildman–Crippen LogP) is 2.00. The maximum Gasteiger partial charge on any atom is 0.222 e. The van der Waals surface area contributed by atoms with Gasteiger partial charge in [0.2, 0.25) is 5.91 Å². The summed E-state index contributed by atoms with van der Waals surface area (Å²) in [6.45, 7) is 1.36. The second-order valence-corrected chi connectivity index (χ2v) is 5.96. The first-order chi connectivity index (χ1) is 11.7. The van der Waals surface area contributed by atoms with Crippen LogP contribution in [0.4, 0.5) is 5.82 Å². The molecule has 0 bridgehead atoms. The Bertz CT molecular complexity index is 896. The number of pyridine rings is 1. The summed E-state index contributed by atoms with van der Waals surface area (Å²) in [6, 6.07) is 11.7. The van der Waals surface area contributed by atoms with Gasteiger partial charge >= 0.3 is 0 Å². The Morgan fingerprint density at radius 1 is 1.17 bits per heavy atom. The summed E-state index contributed by atoms with van der Waals surface area (Å²) < 4.78 is 0. The molecular formula is C18H17N5O. The molecular weight excluding hydrogens is 302 g/mol. The number of benzene rings is 1. The molecule has 1 fully saturated rings. The van der Waals surface area contributed by atoms with Gasteiger partial charge in [-0.1, -0.05) is 12.1 Å². The average molecular weight is 319 g/mol. The van der Waals surface area contributed by atoms with Crippen LogP contribution in [0.3, 0.4) is 0 Å². The number of nitrogens with two attached hydrogens (primary N) is 1. The van der Waals surface area contributed by atoms with Crippen LogP contribution >= 0.6 is 0 Å². The van der Waals surface area contributed by atoms with Gasteiger partial charge in [-0.05, 0) is 30.7 Å². The fraction of sp³-hybridized carbons (Fsp3) is 0.222. The molecule has 1 atom stereocenters. The van der Waals surface area contributed by atoms with Crippen LogP contribution in [0.5, 0.6) is 0 Å². The van der Waals surface area contributed by atoms with Crippen LogP contribution < -0.4 is 10.6 Å². The molecule has 6 nitrogen and oxygen atoms in total. The molecule has 24 heavy (non-hydrogen) atoms. The van der Waals surface area contributed by atoms with Crippen LogP contribution in [0.25, 0.3) is 22.3 Å². The molecule has 0 radical (unpaired) electrons. The topological polar surface area (TPSA) is 85.0 Å². The number of nitrogens with zero attached hydrogens (tertiary/aromatic N) is 4. The number of anilines is 1. The van der Waals surface area contributed by atoms with E-state index in [2.05, 4.69) is 14.9 Å². The highest BCUT2D eigenvalue weighted by Crippen LogP contribution is 2.30. The molecule has 1 aliphatic heterocycles. The summed E-state index contributed by atoms with van der Waals surface area (Å²) in [5.41, 5.74) is 7.21. The molecule has 0 aliphatic carbocycles. The van der Waals surface area contributed by atoms with E-state index in [-0.39, 0.29) is 11.8 Å². The first kappa shape index (κ1) is 14.6. The minimum atomic E-state index is -0.247. The van der Waals surface area contributed by atoms with E-state index in [4.69, 9.17) is 10.7 Å². The summed E-state index contributed by atoms with van der Waals surface area (Å²) in [7, 11) is 0. The summed E-state index contributed by atoms with van der Waals surface area (Å²) in [5.74, 6) is 1.12. The molecule has 120 valence electrons. The number of carbonyl (C=O) groups excluding carboxylic acids is 1. The standard InChI is InChI=1S/C18H17N5O/c19-16(24)13-7-9-23(11-13)18-14-5-1-2-6-15(14)21-17(22-18)12-4-3-8-20-10-12/h1-6,8,10,13H,7,9,11H2,(H2,19,24)/t13-/m1/s1. The number of amides is 1. The van der Waals surface area contributed by atoms with Gasteiger partial charge in [0.25, 0.3) is 0 Å². The Kier molecular flexibility index (Phi) is 3.57. The number of fused-ring (bicyclic) bond motifs is 1. The quantitative estimate of drug-likeness (QED) is 0.798. The van der Waals surface area contributed by atoms with Crippen molar-refractivity contribution in [1.29, 1.82) is 0 Å². The lowest BCUT2D eigenvalue weighted by atomic mass is 10.1. The van der Waals surface area contributed by atoms with E-state index in [9.17, 15) is 4.79 Å². The summed E-state index contributed by atoms with van der Waals surface area (Å²) in [5, 5.41) is 0.982. The predicted molar refractivity (Wildman–Crippen MR) is 92.3 cm³/mol. The molecule has 4 rings (SSSR count). The third-order valence-electron chi connectivity index (χ3n) is 4.39. The van der Waals surface area contributed by atoms with Crippen molar-refractivity contribution in [2.45, 2.75) is 6.42 Å². The van der Waals surface area contributed by atoms with Crippen LogP contribution in [0.2, 0.25) is 0 Å². The second kappa shape index (κ2) is 5.88. The zero-order chi connectivity index (χ0) is 16.5. The number of primary amides is 1. The highest BCUT2D eigenvalue weighted by atomic mass is 16.1. The first-order valence-corrected chi connectivity index (χ1v) is 7.94. The smallest absolute Gasteiger partial charge is 0.222 e. The normalized spacial score (nSPS) is 17.3. The maximum absolute atomic E-state index is 11.5. The molecule has 2 N–H and O–H groups in total. The van der Waals surface area contributed by atoms with E-state index < -0.39 is 0 Å². The van der Waals surface area contributed by atoms with Gasteiger partial charge in [0.05, 0.1) is 11.4 Å². The Labute approximate surface area is 139 Å². The first-order valence-electron chi connectivity index (χ1n) is 7.94. The van der Waals surface area contributed by atoms with Gasteiger partial charge in [-0.15, -0.1) is 0 Å². The molecule has 0 saturated carbocycles. The van der Waals surface area contributed by atoms with Crippen molar-refractivity contribution < 1.29 is 4.79 Å². The molecule has 1 aliphatic rings. The van der Waals surface area contributed by atoms with E-state index >= 15 is 0 Å². The minimum Gasteiger partial charge on any atom is -0.369 e. The van der Waals surface area contributed by atoms with Gasteiger partial charge in [-0.25, -0.2) is 9.97 Å². The lowest BCUT2D eigenvalue weighted by Gasteiger charge is -2.19. The van der Waals surface area contributed by atoms with Crippen LogP contribution in [0, 0.1) is 5.92 Å². The molecule has 1 aromatic carbocycles. The third kappa shape index (κ3) is 2.56. The SMILES string of the molecule is NC(=O)[C@@H]1CCN(c2nc(-c3cccnc3)nc3ccccc23)C1. The Balaban J connectivity index is 1.83. The highest BCUT2D eigenvalue weighted by molar-refractivity contribution is 5.91. The van der Waals surface area contributed by atoms with Crippen molar-refractivity contribution in [3.05, 3.63) is 48.8 Å². The van der Waals surface area contributed by atoms with Crippen LogP contribution in [0.15, 0.2) is 48.8 Å². The fourth-order valence-corrected chi connectivity index (χ4v) is 3.11. The summed E-state index contributed by atoms with van der Waals surface area (Å²) >= 11 is 0. The highest BCUT2D eigenvalue weighted by Gasteiger charge is 2.28. The third-order valence-corrected chi connectivity index (χ3v) is 4.39. The number of hydrogen-bond acceptors (Lipinski definition) is 5. The molecule has 0 unspecified atom stereocenters. The van der Waals surface area contributed by atoms with Crippen LogP contribution in [-0.2, 0) is 4.79 Å². The van der Waals surface area contributed by atoms with Crippen molar-refractivity contribution in [1.82, 2.24) is 15.0 Å². The van der Waals surface area contributed by atoms with Gasteiger partial charge in [0, 0.05) is 36.4 Å². The number of para-hydroxylation sites is 1.